The van der Waals surface area contributed by atoms with E-state index in [2.05, 4.69) is 5.32 Å². The minimum atomic E-state index is -4.04. The summed E-state index contributed by atoms with van der Waals surface area (Å²) >= 11 is 5.92. The summed E-state index contributed by atoms with van der Waals surface area (Å²) < 4.78 is 38.6. The minimum absolute atomic E-state index is 0.0262. The highest BCUT2D eigenvalue weighted by atomic mass is 35.5. The van der Waals surface area contributed by atoms with E-state index in [9.17, 15) is 13.2 Å². The van der Waals surface area contributed by atoms with Gasteiger partial charge in [-0.15, -0.1) is 0 Å². The van der Waals surface area contributed by atoms with Gasteiger partial charge < -0.3 is 14.8 Å². The third-order valence-electron chi connectivity index (χ3n) is 4.79. The number of halogens is 1. The molecular weight excluding hydrogens is 464 g/mol. The second-order valence-electron chi connectivity index (χ2n) is 6.98. The standard InChI is InChI=1S/C24H25ClN2O5S/c1-3-32-21-12-10-20(11-13-21)27(33(29,30)22-14-8-19(25)9-15-22)17-24(28)26-16-18-6-4-5-7-23(18)31-2/h4-15H,3,16-17H2,1-2H3,(H,26,28). The van der Waals surface area contributed by atoms with Crippen molar-refractivity contribution in [2.45, 2.75) is 18.4 Å². The molecule has 0 atom stereocenters. The second kappa shape index (κ2) is 11.1. The molecule has 0 radical (unpaired) electrons. The Hall–Kier alpha value is -3.23. The molecule has 0 heterocycles. The van der Waals surface area contributed by atoms with Gasteiger partial charge in [-0.25, -0.2) is 8.42 Å². The summed E-state index contributed by atoms with van der Waals surface area (Å²) in [6.07, 6.45) is 0. The fourth-order valence-electron chi connectivity index (χ4n) is 3.15. The van der Waals surface area contributed by atoms with Gasteiger partial charge in [-0.1, -0.05) is 29.8 Å². The molecule has 0 aliphatic carbocycles. The first-order valence-electron chi connectivity index (χ1n) is 10.2. The topological polar surface area (TPSA) is 84.9 Å². The Bertz CT molecular complexity index is 1180. The zero-order chi connectivity index (χ0) is 23.8. The molecule has 9 heteroatoms. The van der Waals surface area contributed by atoms with Crippen molar-refractivity contribution in [3.05, 3.63) is 83.4 Å². The summed E-state index contributed by atoms with van der Waals surface area (Å²) in [5, 5.41) is 3.18. The Kier molecular flexibility index (Phi) is 8.19. The number of benzene rings is 3. The van der Waals surface area contributed by atoms with Crippen LogP contribution in [0, 0.1) is 0 Å². The van der Waals surface area contributed by atoms with Gasteiger partial charge in [-0.3, -0.25) is 9.10 Å². The minimum Gasteiger partial charge on any atom is -0.496 e. The number of amides is 1. The Morgan fingerprint density at radius 1 is 1.00 bits per heavy atom. The van der Waals surface area contributed by atoms with Crippen LogP contribution in [-0.4, -0.2) is 34.6 Å². The Balaban J connectivity index is 1.86. The summed E-state index contributed by atoms with van der Waals surface area (Å²) in [5.74, 6) is 0.771. The molecule has 7 nitrogen and oxygen atoms in total. The van der Waals surface area contributed by atoms with Crippen LogP contribution >= 0.6 is 11.6 Å². The molecule has 174 valence electrons. The van der Waals surface area contributed by atoms with Gasteiger partial charge in [0.1, 0.15) is 18.0 Å². The summed E-state index contributed by atoms with van der Waals surface area (Å²) in [6.45, 7) is 2.13. The maximum absolute atomic E-state index is 13.4. The Morgan fingerprint density at radius 3 is 2.30 bits per heavy atom. The fraction of sp³-hybridized carbons (Fsp3) is 0.208. The SMILES string of the molecule is CCOc1ccc(N(CC(=O)NCc2ccccc2OC)S(=O)(=O)c2ccc(Cl)cc2)cc1. The van der Waals surface area contributed by atoms with Crippen LogP contribution in [0.4, 0.5) is 5.69 Å². The van der Waals surface area contributed by atoms with Crippen LogP contribution in [0.5, 0.6) is 11.5 Å². The molecule has 1 amide bonds. The molecule has 1 N–H and O–H groups in total. The van der Waals surface area contributed by atoms with E-state index < -0.39 is 22.5 Å². The lowest BCUT2D eigenvalue weighted by molar-refractivity contribution is -0.119. The van der Waals surface area contributed by atoms with Gasteiger partial charge in [-0.2, -0.15) is 0 Å². The molecule has 0 unspecified atom stereocenters. The maximum Gasteiger partial charge on any atom is 0.264 e. The zero-order valence-corrected chi connectivity index (χ0v) is 19.9. The van der Waals surface area contributed by atoms with Crippen molar-refractivity contribution in [1.29, 1.82) is 0 Å². The van der Waals surface area contributed by atoms with Crippen LogP contribution in [0.25, 0.3) is 0 Å². The number of hydrogen-bond donors (Lipinski definition) is 1. The molecule has 0 saturated carbocycles. The third-order valence-corrected chi connectivity index (χ3v) is 6.83. The van der Waals surface area contributed by atoms with Gasteiger partial charge >= 0.3 is 0 Å². The monoisotopic (exact) mass is 488 g/mol. The van der Waals surface area contributed by atoms with E-state index >= 15 is 0 Å². The second-order valence-corrected chi connectivity index (χ2v) is 9.28. The highest BCUT2D eigenvalue weighted by Gasteiger charge is 2.27. The number of nitrogens with zero attached hydrogens (tertiary/aromatic N) is 1. The average molecular weight is 489 g/mol. The Labute approximate surface area is 198 Å². The molecule has 0 aliphatic rings. The average Bonchev–Trinajstić information content (AvgIpc) is 2.82. The molecule has 0 fully saturated rings. The van der Waals surface area contributed by atoms with E-state index in [4.69, 9.17) is 21.1 Å². The van der Waals surface area contributed by atoms with E-state index in [1.807, 2.05) is 25.1 Å². The molecule has 0 saturated heterocycles. The van der Waals surface area contributed by atoms with Crippen molar-refractivity contribution < 1.29 is 22.7 Å². The first kappa shape index (κ1) is 24.4. The van der Waals surface area contributed by atoms with Crippen LogP contribution in [0.3, 0.4) is 0 Å². The van der Waals surface area contributed by atoms with Crippen LogP contribution in [0.15, 0.2) is 77.7 Å². The zero-order valence-electron chi connectivity index (χ0n) is 18.3. The van der Waals surface area contributed by atoms with Gasteiger partial charge in [0, 0.05) is 17.1 Å². The number of hydrogen-bond acceptors (Lipinski definition) is 5. The first-order valence-corrected chi connectivity index (χ1v) is 12.1. The molecular formula is C24H25ClN2O5S. The van der Waals surface area contributed by atoms with Crippen LogP contribution in [0.2, 0.25) is 5.02 Å². The Morgan fingerprint density at radius 2 is 1.67 bits per heavy atom. The van der Waals surface area contributed by atoms with E-state index in [0.717, 1.165) is 9.87 Å². The fourth-order valence-corrected chi connectivity index (χ4v) is 4.70. The number of para-hydroxylation sites is 1. The molecule has 3 aromatic rings. The van der Waals surface area contributed by atoms with Crippen LogP contribution < -0.4 is 19.1 Å². The van der Waals surface area contributed by atoms with Crippen molar-refractivity contribution in [3.63, 3.8) is 0 Å². The first-order chi connectivity index (χ1) is 15.8. The molecule has 0 spiro atoms. The van der Waals surface area contributed by atoms with Crippen molar-refractivity contribution in [2.24, 2.45) is 0 Å². The van der Waals surface area contributed by atoms with Crippen molar-refractivity contribution in [3.8, 4) is 11.5 Å². The van der Waals surface area contributed by atoms with Gasteiger partial charge in [0.05, 0.1) is 24.3 Å². The van der Waals surface area contributed by atoms with Gasteiger partial charge in [0.25, 0.3) is 10.0 Å². The van der Waals surface area contributed by atoms with Crippen molar-refractivity contribution in [1.82, 2.24) is 5.32 Å². The van der Waals surface area contributed by atoms with Crippen molar-refractivity contribution >= 4 is 33.2 Å². The van der Waals surface area contributed by atoms with Crippen LogP contribution in [0.1, 0.15) is 12.5 Å². The molecule has 0 aliphatic heterocycles. The normalized spacial score (nSPS) is 11.0. The van der Waals surface area contributed by atoms with E-state index in [1.165, 1.54) is 24.3 Å². The third kappa shape index (κ3) is 6.18. The maximum atomic E-state index is 13.4. The lowest BCUT2D eigenvalue weighted by Crippen LogP contribution is -2.40. The lowest BCUT2D eigenvalue weighted by atomic mass is 10.2. The molecule has 0 aromatic heterocycles. The number of nitrogens with one attached hydrogen (secondary N) is 1. The molecule has 3 aromatic carbocycles. The predicted octanol–water partition coefficient (Wildman–Crippen LogP) is 4.26. The summed E-state index contributed by atoms with van der Waals surface area (Å²) in [4.78, 5) is 12.8. The number of ether oxygens (including phenoxy) is 2. The number of sulfonamides is 1. The summed E-state index contributed by atoms with van der Waals surface area (Å²) in [6, 6.07) is 19.6. The smallest absolute Gasteiger partial charge is 0.264 e. The van der Waals surface area contributed by atoms with Gasteiger partial charge in [-0.05, 0) is 61.5 Å². The molecule has 0 bridgehead atoms. The largest absolute Gasteiger partial charge is 0.496 e. The number of methoxy groups -OCH3 is 1. The quantitative estimate of drug-likeness (QED) is 0.461. The summed E-state index contributed by atoms with van der Waals surface area (Å²) in [5.41, 5.74) is 1.11. The van der Waals surface area contributed by atoms with E-state index in [-0.39, 0.29) is 11.4 Å². The number of rotatable bonds is 10. The number of anilines is 1. The number of carbonyl (C=O) groups is 1. The van der Waals surface area contributed by atoms with Gasteiger partial charge in [0.2, 0.25) is 5.91 Å². The summed E-state index contributed by atoms with van der Waals surface area (Å²) in [7, 11) is -2.49. The van der Waals surface area contributed by atoms with E-state index in [0.29, 0.717) is 28.8 Å². The molecule has 3 rings (SSSR count). The van der Waals surface area contributed by atoms with E-state index in [1.54, 1.807) is 37.4 Å². The predicted molar refractivity (Wildman–Crippen MR) is 128 cm³/mol. The molecule has 33 heavy (non-hydrogen) atoms. The number of carbonyl (C=O) groups excluding carboxylic acids is 1. The lowest BCUT2D eigenvalue weighted by Gasteiger charge is -2.24. The highest BCUT2D eigenvalue weighted by molar-refractivity contribution is 7.92. The van der Waals surface area contributed by atoms with Gasteiger partial charge in [0.15, 0.2) is 0 Å². The van der Waals surface area contributed by atoms with Crippen LogP contribution in [-0.2, 0) is 21.4 Å². The highest BCUT2D eigenvalue weighted by Crippen LogP contribution is 2.26. The van der Waals surface area contributed by atoms with Crippen molar-refractivity contribution in [2.75, 3.05) is 24.6 Å².